The Kier molecular flexibility index (Phi) is 48.7. The van der Waals surface area contributed by atoms with E-state index in [1.807, 2.05) is 0 Å². The summed E-state index contributed by atoms with van der Waals surface area (Å²) >= 11 is 0. The zero-order chi connectivity index (χ0) is 54.0. The first-order valence-corrected chi connectivity index (χ1v) is 32.6. The number of amides is 1. The van der Waals surface area contributed by atoms with Crippen molar-refractivity contribution in [3.8, 4) is 0 Å². The molecule has 7 unspecified atom stereocenters. The van der Waals surface area contributed by atoms with Gasteiger partial charge in [-0.1, -0.05) is 276 Å². The highest BCUT2D eigenvalue weighted by molar-refractivity contribution is 7.80. The summed E-state index contributed by atoms with van der Waals surface area (Å²) in [7, 11) is -5.08. The second kappa shape index (κ2) is 51.0. The first-order valence-electron chi connectivity index (χ1n) is 31.2. The molecular weight excluding hydrogens is 955 g/mol. The Morgan fingerprint density at radius 3 is 1.28 bits per heavy atom. The van der Waals surface area contributed by atoms with Crippen LogP contribution in [0, 0.1) is 0 Å². The van der Waals surface area contributed by atoms with Gasteiger partial charge in [-0.2, -0.15) is 8.42 Å². The minimum absolute atomic E-state index is 0.233. The molecular formula is C61H117NO11S. The summed E-state index contributed by atoms with van der Waals surface area (Å²) in [6, 6.07) is -0.863. The maximum absolute atomic E-state index is 13.2. The Morgan fingerprint density at radius 2 is 0.905 bits per heavy atom. The molecule has 1 fully saturated rings. The first kappa shape index (κ1) is 70.6. The van der Waals surface area contributed by atoms with Crippen LogP contribution in [0.15, 0.2) is 24.3 Å². The van der Waals surface area contributed by atoms with E-state index in [1.54, 1.807) is 0 Å². The molecule has 438 valence electrons. The van der Waals surface area contributed by atoms with Crippen LogP contribution in [0.5, 0.6) is 0 Å². The van der Waals surface area contributed by atoms with Crippen molar-refractivity contribution in [1.82, 2.24) is 5.32 Å². The average molecular weight is 1070 g/mol. The molecule has 1 saturated heterocycles. The Bertz CT molecular complexity index is 1400. The van der Waals surface area contributed by atoms with Crippen molar-refractivity contribution < 1.29 is 51.8 Å². The van der Waals surface area contributed by atoms with Crippen molar-refractivity contribution in [3.05, 3.63) is 24.3 Å². The second-order valence-electron chi connectivity index (χ2n) is 22.0. The van der Waals surface area contributed by atoms with E-state index in [1.165, 1.54) is 212 Å². The smallest absolute Gasteiger partial charge is 0.394 e. The van der Waals surface area contributed by atoms with E-state index in [0.717, 1.165) is 57.8 Å². The average Bonchev–Trinajstić information content (AvgIpc) is 3.38. The fraction of sp³-hybridized carbons (Fsp3) is 0.918. The molecule has 0 aliphatic carbocycles. The molecule has 0 bridgehead atoms. The minimum atomic E-state index is -5.08. The summed E-state index contributed by atoms with van der Waals surface area (Å²) < 4.78 is 48.0. The van der Waals surface area contributed by atoms with Crippen LogP contribution in [0.3, 0.4) is 0 Å². The number of allylic oxidation sites excluding steroid dienone is 4. The number of aliphatic hydroxyl groups is 4. The molecule has 6 N–H and O–H groups in total. The van der Waals surface area contributed by atoms with E-state index in [0.29, 0.717) is 12.8 Å². The molecule has 1 aliphatic heterocycles. The van der Waals surface area contributed by atoms with Gasteiger partial charge in [-0.05, 0) is 44.9 Å². The Hall–Kier alpha value is -1.42. The number of carbonyl (C=O) groups excluding carboxylic acids is 1. The number of unbranched alkanes of at least 4 members (excludes halogenated alkanes) is 39. The number of nitrogens with one attached hydrogen (secondary N) is 1. The number of carbonyl (C=O) groups is 1. The zero-order valence-electron chi connectivity index (χ0n) is 47.7. The van der Waals surface area contributed by atoms with E-state index in [4.69, 9.17) is 9.47 Å². The minimum Gasteiger partial charge on any atom is -0.394 e. The molecule has 0 aromatic heterocycles. The fourth-order valence-electron chi connectivity index (χ4n) is 10.2. The highest BCUT2D eigenvalue weighted by Gasteiger charge is 2.48. The Labute approximate surface area is 454 Å². The second-order valence-corrected chi connectivity index (χ2v) is 23.0. The summed E-state index contributed by atoms with van der Waals surface area (Å²) in [5.74, 6) is -0.233. The van der Waals surface area contributed by atoms with Gasteiger partial charge in [-0.15, -0.1) is 0 Å². The number of ether oxygens (including phenoxy) is 2. The van der Waals surface area contributed by atoms with Crippen LogP contribution in [0.4, 0.5) is 0 Å². The molecule has 0 aromatic rings. The molecule has 1 rings (SSSR count). The standard InChI is InChI=1S/C61H117NO11S/c1-3-5-7-9-11-13-15-17-19-21-23-25-27-29-30-32-34-36-38-40-42-44-46-48-50-55(64)54(53-71-61-59(67)60(73-74(68,69)70)58(66)56(52-63)72-61)62-57(65)51-49-47-45-43-41-39-37-35-33-31-28-26-24-22-20-18-16-14-12-10-8-6-4-2/h24,26,31,33,54-56,58-61,63-64,66-67H,3-23,25,27-30,32,34-53H2,1-2H3,(H,62,65)(H,68,69,70)/b26-24-,33-31-. The Morgan fingerprint density at radius 1 is 0.541 bits per heavy atom. The first-order chi connectivity index (χ1) is 36.0. The van der Waals surface area contributed by atoms with Gasteiger partial charge in [0.15, 0.2) is 6.29 Å². The van der Waals surface area contributed by atoms with Gasteiger partial charge in [0.1, 0.15) is 24.4 Å². The largest absolute Gasteiger partial charge is 0.397 e. The molecule has 1 aliphatic rings. The molecule has 1 amide bonds. The molecule has 74 heavy (non-hydrogen) atoms. The fourth-order valence-corrected chi connectivity index (χ4v) is 10.7. The van der Waals surface area contributed by atoms with E-state index in [-0.39, 0.29) is 18.9 Å². The summed E-state index contributed by atoms with van der Waals surface area (Å²) in [6.45, 7) is 3.50. The van der Waals surface area contributed by atoms with Gasteiger partial charge in [0, 0.05) is 6.42 Å². The quantitative estimate of drug-likeness (QED) is 0.0193. The molecule has 1 heterocycles. The SMILES string of the molecule is CCCCCCCCCCC/C=C\C/C=C\CCCCCCCCCC(=O)NC(COC1OC(CO)C(O)C(OS(=O)(=O)O)C1O)C(O)CCCCCCCCCCCCCCCCCCCCCCCCCC. The third-order valence-electron chi connectivity index (χ3n) is 15.0. The van der Waals surface area contributed by atoms with Gasteiger partial charge in [-0.3, -0.25) is 9.35 Å². The van der Waals surface area contributed by atoms with E-state index < -0.39 is 59.9 Å². The van der Waals surface area contributed by atoms with E-state index in [9.17, 15) is 38.2 Å². The van der Waals surface area contributed by atoms with Gasteiger partial charge in [-0.25, -0.2) is 4.18 Å². The van der Waals surface area contributed by atoms with Crippen molar-refractivity contribution in [2.75, 3.05) is 13.2 Å². The summed E-state index contributed by atoms with van der Waals surface area (Å²) in [4.78, 5) is 13.2. The molecule has 0 radical (unpaired) electrons. The van der Waals surface area contributed by atoms with Crippen LogP contribution in [0.1, 0.15) is 303 Å². The van der Waals surface area contributed by atoms with Gasteiger partial charge >= 0.3 is 10.4 Å². The van der Waals surface area contributed by atoms with Gasteiger partial charge in [0.25, 0.3) is 0 Å². The predicted molar refractivity (Wildman–Crippen MR) is 305 cm³/mol. The molecule has 12 nitrogen and oxygen atoms in total. The van der Waals surface area contributed by atoms with Crippen molar-refractivity contribution in [2.24, 2.45) is 0 Å². The maximum atomic E-state index is 13.2. The lowest BCUT2D eigenvalue weighted by molar-refractivity contribution is -0.298. The molecule has 13 heteroatoms. The van der Waals surface area contributed by atoms with Crippen LogP contribution in [-0.4, -0.2) is 95.4 Å². The zero-order valence-corrected chi connectivity index (χ0v) is 48.5. The van der Waals surface area contributed by atoms with Crippen molar-refractivity contribution in [3.63, 3.8) is 0 Å². The molecule has 7 atom stereocenters. The van der Waals surface area contributed by atoms with Crippen molar-refractivity contribution >= 4 is 16.3 Å². The maximum Gasteiger partial charge on any atom is 0.397 e. The Balaban J connectivity index is 2.32. The van der Waals surface area contributed by atoms with Crippen molar-refractivity contribution in [2.45, 2.75) is 346 Å². The third-order valence-corrected chi connectivity index (χ3v) is 15.5. The molecule has 0 saturated carbocycles. The van der Waals surface area contributed by atoms with Gasteiger partial charge < -0.3 is 35.2 Å². The van der Waals surface area contributed by atoms with Crippen LogP contribution in [-0.2, 0) is 28.9 Å². The van der Waals surface area contributed by atoms with Gasteiger partial charge in [0.05, 0.1) is 25.4 Å². The summed E-state index contributed by atoms with van der Waals surface area (Å²) in [6.07, 6.45) is 54.7. The summed E-state index contributed by atoms with van der Waals surface area (Å²) in [5, 5.41) is 45.2. The third kappa shape index (κ3) is 42.6. The topological polar surface area (TPSA) is 192 Å². The highest BCUT2D eigenvalue weighted by atomic mass is 32.3. The number of rotatable bonds is 55. The number of hydrogen-bond donors (Lipinski definition) is 6. The van der Waals surface area contributed by atoms with Crippen molar-refractivity contribution in [1.29, 1.82) is 0 Å². The molecule has 0 spiro atoms. The van der Waals surface area contributed by atoms with Crippen LogP contribution >= 0.6 is 0 Å². The summed E-state index contributed by atoms with van der Waals surface area (Å²) in [5.41, 5.74) is 0. The van der Waals surface area contributed by atoms with E-state index in [2.05, 4.69) is 47.7 Å². The lowest BCUT2D eigenvalue weighted by atomic mass is 9.99. The highest BCUT2D eigenvalue weighted by Crippen LogP contribution is 2.26. The lowest BCUT2D eigenvalue weighted by Crippen LogP contribution is -2.61. The predicted octanol–water partition coefficient (Wildman–Crippen LogP) is 15.2. The van der Waals surface area contributed by atoms with E-state index >= 15 is 0 Å². The normalized spacial score (nSPS) is 19.3. The van der Waals surface area contributed by atoms with Crippen LogP contribution in [0.25, 0.3) is 0 Å². The molecule has 0 aromatic carbocycles. The van der Waals surface area contributed by atoms with Crippen LogP contribution in [0.2, 0.25) is 0 Å². The van der Waals surface area contributed by atoms with Crippen LogP contribution < -0.4 is 5.32 Å². The number of aliphatic hydroxyl groups excluding tert-OH is 4. The monoisotopic (exact) mass is 1070 g/mol. The number of hydrogen-bond acceptors (Lipinski definition) is 10. The lowest BCUT2D eigenvalue weighted by Gasteiger charge is -2.41. The van der Waals surface area contributed by atoms with Gasteiger partial charge in [0.2, 0.25) is 5.91 Å².